The summed E-state index contributed by atoms with van der Waals surface area (Å²) in [5.41, 5.74) is 6.14. The van der Waals surface area contributed by atoms with Gasteiger partial charge in [0.1, 0.15) is 16.6 Å². The fourth-order valence-electron chi connectivity index (χ4n) is 1.96. The van der Waals surface area contributed by atoms with Crippen LogP contribution in [-0.2, 0) is 4.74 Å². The molecule has 2 rings (SSSR count). The Kier molecular flexibility index (Phi) is 2.99. The van der Waals surface area contributed by atoms with Gasteiger partial charge in [-0.25, -0.2) is 0 Å². The molecule has 1 aliphatic rings. The molecule has 0 radical (unpaired) electrons. The van der Waals surface area contributed by atoms with Crippen LogP contribution in [0, 0.1) is 11.3 Å². The van der Waals surface area contributed by atoms with E-state index in [1.54, 1.807) is 0 Å². The minimum absolute atomic E-state index is 0.165. The minimum Gasteiger partial charge on any atom is -0.382 e. The van der Waals surface area contributed by atoms with Crippen LogP contribution in [0.2, 0.25) is 0 Å². The van der Waals surface area contributed by atoms with Crippen molar-refractivity contribution in [1.29, 1.82) is 5.26 Å². The average molecular weight is 238 g/mol. The van der Waals surface area contributed by atoms with Crippen molar-refractivity contribution < 1.29 is 4.74 Å². The van der Waals surface area contributed by atoms with E-state index >= 15 is 0 Å². The third-order valence-electron chi connectivity index (χ3n) is 2.52. The van der Waals surface area contributed by atoms with Crippen molar-refractivity contribution >= 4 is 22.4 Å². The molecule has 1 aromatic heterocycles. The lowest BCUT2D eigenvalue weighted by atomic mass is 10.2. The van der Waals surface area contributed by atoms with Crippen LogP contribution < -0.4 is 10.6 Å². The minimum atomic E-state index is 0.165. The summed E-state index contributed by atoms with van der Waals surface area (Å²) >= 11 is 1.28. The van der Waals surface area contributed by atoms with Gasteiger partial charge in [-0.05, 0) is 25.4 Å². The van der Waals surface area contributed by atoms with Crippen molar-refractivity contribution in [3.05, 3.63) is 5.56 Å². The van der Waals surface area contributed by atoms with Crippen molar-refractivity contribution in [2.24, 2.45) is 0 Å². The van der Waals surface area contributed by atoms with Gasteiger partial charge in [0.25, 0.3) is 0 Å². The van der Waals surface area contributed by atoms with Crippen LogP contribution in [0.4, 0.5) is 10.8 Å². The Morgan fingerprint density at radius 1 is 1.50 bits per heavy atom. The molecular formula is C10H14N4OS. The molecule has 0 amide bonds. The predicted molar refractivity (Wildman–Crippen MR) is 63.5 cm³/mol. The van der Waals surface area contributed by atoms with Crippen LogP contribution in [0.1, 0.15) is 19.4 Å². The molecule has 0 aromatic carbocycles. The lowest BCUT2D eigenvalue weighted by Gasteiger charge is -2.35. The van der Waals surface area contributed by atoms with Crippen LogP contribution in [0.5, 0.6) is 0 Å². The van der Waals surface area contributed by atoms with E-state index in [2.05, 4.69) is 15.3 Å². The third-order valence-corrected chi connectivity index (χ3v) is 3.44. The molecule has 6 heteroatoms. The second-order valence-electron chi connectivity index (χ2n) is 4.02. The van der Waals surface area contributed by atoms with E-state index in [1.165, 1.54) is 11.5 Å². The highest BCUT2D eigenvalue weighted by Crippen LogP contribution is 2.31. The number of morpholine rings is 1. The zero-order valence-electron chi connectivity index (χ0n) is 9.30. The molecule has 0 spiro atoms. The van der Waals surface area contributed by atoms with E-state index in [9.17, 15) is 0 Å². The zero-order chi connectivity index (χ0) is 11.7. The molecule has 16 heavy (non-hydrogen) atoms. The van der Waals surface area contributed by atoms with Crippen molar-refractivity contribution in [2.75, 3.05) is 23.7 Å². The Morgan fingerprint density at radius 3 is 2.69 bits per heavy atom. The summed E-state index contributed by atoms with van der Waals surface area (Å²) in [6, 6.07) is 2.11. The highest BCUT2D eigenvalue weighted by Gasteiger charge is 2.26. The number of aromatic nitrogens is 1. The molecule has 1 saturated heterocycles. The fraction of sp³-hybridized carbons (Fsp3) is 0.600. The van der Waals surface area contributed by atoms with Gasteiger partial charge >= 0.3 is 0 Å². The molecule has 2 atom stereocenters. The first kappa shape index (κ1) is 11.2. The van der Waals surface area contributed by atoms with E-state index in [0.717, 1.165) is 18.1 Å². The molecule has 86 valence electrons. The summed E-state index contributed by atoms with van der Waals surface area (Å²) in [7, 11) is 0. The number of nitrogens with zero attached hydrogens (tertiary/aromatic N) is 3. The number of nitriles is 1. The van der Waals surface area contributed by atoms with Crippen molar-refractivity contribution in [3.63, 3.8) is 0 Å². The van der Waals surface area contributed by atoms with Crippen LogP contribution in [0.15, 0.2) is 0 Å². The van der Waals surface area contributed by atoms with E-state index in [4.69, 9.17) is 15.7 Å². The maximum absolute atomic E-state index is 9.03. The van der Waals surface area contributed by atoms with E-state index < -0.39 is 0 Å². The van der Waals surface area contributed by atoms with Crippen LogP contribution in [0.25, 0.3) is 0 Å². The highest BCUT2D eigenvalue weighted by atomic mass is 32.1. The number of hydrogen-bond acceptors (Lipinski definition) is 6. The quantitative estimate of drug-likeness (QED) is 0.796. The molecular weight excluding hydrogens is 224 g/mol. The maximum atomic E-state index is 9.03. The van der Waals surface area contributed by atoms with Gasteiger partial charge in [0.05, 0.1) is 12.2 Å². The third kappa shape index (κ3) is 1.96. The molecule has 0 unspecified atom stereocenters. The number of ether oxygens (including phenoxy) is 1. The monoisotopic (exact) mass is 238 g/mol. The van der Waals surface area contributed by atoms with Gasteiger partial charge in [0.2, 0.25) is 0 Å². The van der Waals surface area contributed by atoms with E-state index in [-0.39, 0.29) is 12.2 Å². The van der Waals surface area contributed by atoms with E-state index in [0.29, 0.717) is 11.4 Å². The number of rotatable bonds is 1. The lowest BCUT2D eigenvalue weighted by molar-refractivity contribution is -0.00501. The van der Waals surface area contributed by atoms with E-state index in [1.807, 2.05) is 13.8 Å². The van der Waals surface area contributed by atoms with Crippen molar-refractivity contribution in [2.45, 2.75) is 26.1 Å². The van der Waals surface area contributed by atoms with Gasteiger partial charge in [-0.2, -0.15) is 9.64 Å². The first-order valence-corrected chi connectivity index (χ1v) is 5.94. The Labute approximate surface area is 98.6 Å². The summed E-state index contributed by atoms with van der Waals surface area (Å²) in [6.45, 7) is 5.61. The summed E-state index contributed by atoms with van der Waals surface area (Å²) < 4.78 is 9.67. The molecule has 2 N–H and O–H groups in total. The highest BCUT2D eigenvalue weighted by molar-refractivity contribution is 7.10. The van der Waals surface area contributed by atoms with Crippen LogP contribution in [-0.4, -0.2) is 29.7 Å². The van der Waals surface area contributed by atoms with Gasteiger partial charge < -0.3 is 15.4 Å². The summed E-state index contributed by atoms with van der Waals surface area (Å²) in [5, 5.41) is 9.89. The Hall–Kier alpha value is -1.32. The molecule has 5 nitrogen and oxygen atoms in total. The second kappa shape index (κ2) is 4.28. The van der Waals surface area contributed by atoms with Crippen molar-refractivity contribution in [3.8, 4) is 6.07 Å². The first-order chi connectivity index (χ1) is 7.61. The number of nitrogen functional groups attached to an aromatic ring is 1. The van der Waals surface area contributed by atoms with Crippen LogP contribution in [0.3, 0.4) is 0 Å². The van der Waals surface area contributed by atoms with Crippen molar-refractivity contribution in [1.82, 2.24) is 4.37 Å². The van der Waals surface area contributed by atoms with Gasteiger partial charge in [0.15, 0.2) is 5.82 Å². The fourth-order valence-corrected chi connectivity index (χ4v) is 2.74. The van der Waals surface area contributed by atoms with Gasteiger partial charge in [-0.3, -0.25) is 0 Å². The predicted octanol–water partition coefficient (Wildman–Crippen LogP) is 1.21. The summed E-state index contributed by atoms with van der Waals surface area (Å²) in [5.74, 6) is 0.328. The zero-order valence-corrected chi connectivity index (χ0v) is 10.1. The van der Waals surface area contributed by atoms with Gasteiger partial charge in [0, 0.05) is 13.1 Å². The standard InChI is InChI=1S/C10H14N4OS/c1-6-4-14(5-7(2)15-6)10-8(3-11)9(12)13-16-10/h6-7H,4-5H2,1-2H3,(H2,12,13)/t6-,7+. The summed E-state index contributed by atoms with van der Waals surface area (Å²) in [4.78, 5) is 2.13. The Morgan fingerprint density at radius 2 is 2.12 bits per heavy atom. The van der Waals surface area contributed by atoms with Crippen LogP contribution >= 0.6 is 11.5 Å². The average Bonchev–Trinajstić information content (AvgIpc) is 2.58. The molecule has 0 aliphatic carbocycles. The largest absolute Gasteiger partial charge is 0.382 e. The van der Waals surface area contributed by atoms with Gasteiger partial charge in [-0.1, -0.05) is 0 Å². The maximum Gasteiger partial charge on any atom is 0.157 e. The molecule has 2 heterocycles. The molecule has 0 saturated carbocycles. The normalized spacial score (nSPS) is 25.4. The smallest absolute Gasteiger partial charge is 0.157 e. The molecule has 0 bridgehead atoms. The number of hydrogen-bond donors (Lipinski definition) is 1. The second-order valence-corrected chi connectivity index (χ2v) is 4.77. The SMILES string of the molecule is C[C@@H]1CN(c2snc(N)c2C#N)C[C@H](C)O1. The summed E-state index contributed by atoms with van der Waals surface area (Å²) in [6.07, 6.45) is 0.331. The molecule has 1 fully saturated rings. The Balaban J connectivity index is 2.27. The van der Waals surface area contributed by atoms with Gasteiger partial charge in [-0.15, -0.1) is 0 Å². The lowest BCUT2D eigenvalue weighted by Crippen LogP contribution is -2.45. The number of nitrogens with two attached hydrogens (primary N) is 1. The molecule has 1 aliphatic heterocycles. The Bertz CT molecular complexity index is 415. The number of anilines is 2. The first-order valence-electron chi connectivity index (χ1n) is 5.17. The topological polar surface area (TPSA) is 75.2 Å². The molecule has 1 aromatic rings.